The molecule has 17 heavy (non-hydrogen) atoms. The molecule has 0 aromatic heterocycles. The van der Waals surface area contributed by atoms with E-state index in [9.17, 15) is 0 Å². The normalized spacial score (nSPS) is 15.1. The smallest absolute Gasteiger partial charge is 0.0639 e. The average molecular weight is 256 g/mol. The molecule has 0 spiro atoms. The molecule has 3 nitrogen and oxygen atoms in total. The summed E-state index contributed by atoms with van der Waals surface area (Å²) in [7, 11) is 1.93. The zero-order valence-electron chi connectivity index (χ0n) is 10.7. The maximum atomic E-state index is 6.10. The Morgan fingerprint density at radius 3 is 2.41 bits per heavy atom. The van der Waals surface area contributed by atoms with Crippen LogP contribution in [0, 0.1) is 0 Å². The quantitative estimate of drug-likeness (QED) is 0.846. The molecule has 2 rings (SSSR count). The van der Waals surface area contributed by atoms with E-state index >= 15 is 0 Å². The lowest BCUT2D eigenvalue weighted by molar-refractivity contribution is 0.589. The molecule has 1 aliphatic heterocycles. The fraction of sp³-hybridized carbons (Fsp3) is 0.538. The molecule has 1 heterocycles. The van der Waals surface area contributed by atoms with Gasteiger partial charge in [0.25, 0.3) is 0 Å². The van der Waals surface area contributed by atoms with Crippen molar-refractivity contribution in [3.05, 3.63) is 29.3 Å². The van der Waals surface area contributed by atoms with E-state index in [4.69, 9.17) is 11.6 Å². The highest BCUT2D eigenvalue weighted by atomic mass is 35.5. The topological polar surface area (TPSA) is 27.3 Å². The van der Waals surface area contributed by atoms with Crippen molar-refractivity contribution in [2.24, 2.45) is 0 Å². The summed E-state index contributed by atoms with van der Waals surface area (Å²) in [5, 5.41) is 7.10. The molecule has 0 aliphatic carbocycles. The molecule has 0 saturated carbocycles. The van der Waals surface area contributed by atoms with E-state index in [1.54, 1.807) is 0 Å². The number of rotatable bonds is 2. The van der Waals surface area contributed by atoms with Gasteiger partial charge in [-0.2, -0.15) is 0 Å². The fourth-order valence-electron chi connectivity index (χ4n) is 1.61. The van der Waals surface area contributed by atoms with Crippen molar-refractivity contribution in [3.63, 3.8) is 0 Å². The second-order valence-corrected chi connectivity index (χ2v) is 4.30. The number of halogens is 1. The second-order valence-electron chi connectivity index (χ2n) is 3.90. The van der Waals surface area contributed by atoms with Gasteiger partial charge in [0, 0.05) is 26.2 Å². The number of piperazine rings is 1. The molecular weight excluding hydrogens is 234 g/mol. The van der Waals surface area contributed by atoms with E-state index in [0.717, 1.165) is 43.4 Å². The molecule has 0 unspecified atom stereocenters. The number of anilines is 1. The third-order valence-corrected chi connectivity index (χ3v) is 2.98. The van der Waals surface area contributed by atoms with Crippen LogP contribution in [-0.2, 0) is 0 Å². The zero-order valence-corrected chi connectivity index (χ0v) is 11.4. The van der Waals surface area contributed by atoms with Gasteiger partial charge in [-0.15, -0.1) is 0 Å². The van der Waals surface area contributed by atoms with Crippen LogP contribution >= 0.6 is 11.6 Å². The van der Waals surface area contributed by atoms with Crippen LogP contribution in [0.4, 0.5) is 5.69 Å². The minimum atomic E-state index is 0.851. The summed E-state index contributed by atoms with van der Waals surface area (Å²) in [5.74, 6) is 0. The summed E-state index contributed by atoms with van der Waals surface area (Å²) < 4.78 is 0. The third kappa shape index (κ3) is 4.94. The Balaban J connectivity index is 0.000000317. The van der Waals surface area contributed by atoms with Crippen molar-refractivity contribution in [2.45, 2.75) is 6.92 Å². The third-order valence-electron chi connectivity index (χ3n) is 2.66. The van der Waals surface area contributed by atoms with Gasteiger partial charge in [0.15, 0.2) is 0 Å². The van der Waals surface area contributed by atoms with E-state index in [1.165, 1.54) is 0 Å². The molecule has 1 fully saturated rings. The van der Waals surface area contributed by atoms with Gasteiger partial charge in [-0.3, -0.25) is 0 Å². The first kappa shape index (κ1) is 14.3. The number of nitrogens with one attached hydrogen (secondary N) is 2. The van der Waals surface area contributed by atoms with Crippen LogP contribution in [0.2, 0.25) is 5.02 Å². The van der Waals surface area contributed by atoms with Gasteiger partial charge in [-0.25, -0.2) is 0 Å². The van der Waals surface area contributed by atoms with Crippen molar-refractivity contribution >= 4 is 17.3 Å². The highest BCUT2D eigenvalue weighted by molar-refractivity contribution is 6.33. The predicted octanol–water partition coefficient (Wildman–Crippen LogP) is 1.98. The summed E-state index contributed by atoms with van der Waals surface area (Å²) in [4.78, 5) is 2.32. The molecular formula is C13H22ClN3. The molecule has 0 bridgehead atoms. The van der Waals surface area contributed by atoms with E-state index < -0.39 is 0 Å². The van der Waals surface area contributed by atoms with Crippen LogP contribution in [0.5, 0.6) is 0 Å². The van der Waals surface area contributed by atoms with Gasteiger partial charge >= 0.3 is 0 Å². The zero-order chi connectivity index (χ0) is 12.5. The van der Waals surface area contributed by atoms with Crippen LogP contribution in [0.25, 0.3) is 0 Å². The highest BCUT2D eigenvalue weighted by Gasteiger charge is 2.11. The van der Waals surface area contributed by atoms with Crippen molar-refractivity contribution in [2.75, 3.05) is 44.7 Å². The van der Waals surface area contributed by atoms with E-state index in [1.807, 2.05) is 25.2 Å². The molecule has 96 valence electrons. The molecule has 2 N–H and O–H groups in total. The van der Waals surface area contributed by atoms with Crippen molar-refractivity contribution < 1.29 is 0 Å². The van der Waals surface area contributed by atoms with Crippen LogP contribution < -0.4 is 15.5 Å². The first-order chi connectivity index (χ1) is 8.29. The van der Waals surface area contributed by atoms with Gasteiger partial charge in [0.05, 0.1) is 10.7 Å². The summed E-state index contributed by atoms with van der Waals surface area (Å²) >= 11 is 6.10. The Morgan fingerprint density at radius 1 is 1.29 bits per heavy atom. The van der Waals surface area contributed by atoms with Gasteiger partial charge in [-0.05, 0) is 25.7 Å². The fourth-order valence-corrected chi connectivity index (χ4v) is 1.87. The highest BCUT2D eigenvalue weighted by Crippen LogP contribution is 2.24. The maximum absolute atomic E-state index is 6.10. The Hall–Kier alpha value is -0.770. The Kier molecular flexibility index (Phi) is 7.01. The molecule has 0 amide bonds. The van der Waals surface area contributed by atoms with E-state index in [-0.39, 0.29) is 0 Å². The van der Waals surface area contributed by atoms with Crippen molar-refractivity contribution in [3.8, 4) is 0 Å². The standard InChI is InChI=1S/C10H13ClN2.C3H9N/c11-9-3-1-2-4-10(9)13-7-5-12-6-8-13;1-3-4-2/h1-4,12H,5-8H2;4H,3H2,1-2H3. The molecule has 0 radical (unpaired) electrons. The van der Waals surface area contributed by atoms with Gasteiger partial charge < -0.3 is 15.5 Å². The molecule has 4 heteroatoms. The first-order valence-electron chi connectivity index (χ1n) is 6.14. The predicted molar refractivity (Wildman–Crippen MR) is 76.1 cm³/mol. The Labute approximate surface area is 109 Å². The van der Waals surface area contributed by atoms with Crippen molar-refractivity contribution in [1.29, 1.82) is 0 Å². The van der Waals surface area contributed by atoms with E-state index in [0.29, 0.717) is 0 Å². The minimum absolute atomic E-state index is 0.851. The van der Waals surface area contributed by atoms with Crippen LogP contribution in [0.3, 0.4) is 0 Å². The first-order valence-corrected chi connectivity index (χ1v) is 6.52. The van der Waals surface area contributed by atoms with Gasteiger partial charge in [-0.1, -0.05) is 30.7 Å². The minimum Gasteiger partial charge on any atom is -0.368 e. The molecule has 1 aromatic carbocycles. The molecule has 0 atom stereocenters. The summed E-state index contributed by atoms with van der Waals surface area (Å²) in [6, 6.07) is 8.02. The van der Waals surface area contributed by atoms with Crippen LogP contribution in [-0.4, -0.2) is 39.8 Å². The van der Waals surface area contributed by atoms with Crippen LogP contribution in [0.1, 0.15) is 6.92 Å². The van der Waals surface area contributed by atoms with Gasteiger partial charge in [0.2, 0.25) is 0 Å². The van der Waals surface area contributed by atoms with Crippen LogP contribution in [0.15, 0.2) is 24.3 Å². The van der Waals surface area contributed by atoms with Crippen molar-refractivity contribution in [1.82, 2.24) is 10.6 Å². The number of nitrogens with zero attached hydrogens (tertiary/aromatic N) is 1. The average Bonchev–Trinajstić information content (AvgIpc) is 2.41. The molecule has 1 aromatic rings. The monoisotopic (exact) mass is 255 g/mol. The Morgan fingerprint density at radius 2 is 1.88 bits per heavy atom. The lowest BCUT2D eigenvalue weighted by Crippen LogP contribution is -2.43. The second kappa shape index (κ2) is 8.34. The maximum Gasteiger partial charge on any atom is 0.0639 e. The summed E-state index contributed by atoms with van der Waals surface area (Å²) in [5.41, 5.74) is 1.16. The SMILES string of the molecule is CCNC.Clc1ccccc1N1CCNCC1. The summed E-state index contributed by atoms with van der Waals surface area (Å²) in [6.45, 7) is 7.32. The lowest BCUT2D eigenvalue weighted by atomic mass is 10.2. The number of para-hydroxylation sites is 1. The molecule has 1 aliphatic rings. The largest absolute Gasteiger partial charge is 0.368 e. The number of benzene rings is 1. The summed E-state index contributed by atoms with van der Waals surface area (Å²) in [6.07, 6.45) is 0. The van der Waals surface area contributed by atoms with Gasteiger partial charge in [0.1, 0.15) is 0 Å². The molecule has 1 saturated heterocycles. The number of hydrogen-bond acceptors (Lipinski definition) is 3. The van der Waals surface area contributed by atoms with E-state index in [2.05, 4.69) is 28.5 Å². The number of hydrogen-bond donors (Lipinski definition) is 2. The lowest BCUT2D eigenvalue weighted by Gasteiger charge is -2.30. The Bertz CT molecular complexity index is 309.